The molecule has 0 saturated heterocycles. The van der Waals surface area contributed by atoms with Crippen LogP contribution in [-0.2, 0) is 12.7 Å². The van der Waals surface area contributed by atoms with Crippen molar-refractivity contribution < 1.29 is 13.2 Å². The van der Waals surface area contributed by atoms with Gasteiger partial charge in [0.15, 0.2) is 5.65 Å². The maximum atomic E-state index is 13.1. The van der Waals surface area contributed by atoms with E-state index in [0.717, 1.165) is 25.0 Å². The molecule has 1 aliphatic rings. The van der Waals surface area contributed by atoms with Crippen LogP contribution in [0, 0.1) is 0 Å². The van der Waals surface area contributed by atoms with Crippen LogP contribution in [0.5, 0.6) is 0 Å². The number of anilines is 1. The Kier molecular flexibility index (Phi) is 4.44. The summed E-state index contributed by atoms with van der Waals surface area (Å²) in [5, 5.41) is 7.75. The summed E-state index contributed by atoms with van der Waals surface area (Å²) in [6.45, 7) is 3.11. The normalized spacial score (nSPS) is 13.6. The van der Waals surface area contributed by atoms with Gasteiger partial charge >= 0.3 is 6.18 Å². The van der Waals surface area contributed by atoms with Gasteiger partial charge in [-0.1, -0.05) is 25.5 Å². The molecule has 0 spiro atoms. The quantitative estimate of drug-likeness (QED) is 0.676. The van der Waals surface area contributed by atoms with Crippen LogP contribution >= 0.6 is 0 Å². The monoisotopic (exact) mass is 389 g/mol. The van der Waals surface area contributed by atoms with Crippen molar-refractivity contribution in [3.8, 4) is 0 Å². The summed E-state index contributed by atoms with van der Waals surface area (Å²) in [5.41, 5.74) is 0.270. The minimum atomic E-state index is -4.43. The second-order valence-corrected chi connectivity index (χ2v) is 6.59. The van der Waals surface area contributed by atoms with Crippen LogP contribution in [0.4, 0.5) is 19.1 Å². The van der Waals surface area contributed by atoms with E-state index in [1.807, 2.05) is 4.57 Å². The fourth-order valence-electron chi connectivity index (χ4n) is 3.29. The Morgan fingerprint density at radius 3 is 2.86 bits per heavy atom. The van der Waals surface area contributed by atoms with Gasteiger partial charge in [0.1, 0.15) is 5.39 Å². The lowest BCUT2D eigenvalue weighted by atomic mass is 10.1. The van der Waals surface area contributed by atoms with E-state index >= 15 is 0 Å². The highest BCUT2D eigenvalue weighted by Gasteiger charge is 2.31. The number of alkyl halides is 3. The topological polar surface area (TPSA) is 64.7 Å². The van der Waals surface area contributed by atoms with Crippen LogP contribution in [0.2, 0.25) is 0 Å². The lowest BCUT2D eigenvalue weighted by Crippen LogP contribution is -2.23. The van der Waals surface area contributed by atoms with Gasteiger partial charge in [-0.3, -0.25) is 9.36 Å². The third-order valence-corrected chi connectivity index (χ3v) is 4.69. The van der Waals surface area contributed by atoms with E-state index in [4.69, 9.17) is 0 Å². The first-order valence-corrected chi connectivity index (χ1v) is 9.00. The minimum absolute atomic E-state index is 0.332. The summed E-state index contributed by atoms with van der Waals surface area (Å²) in [4.78, 5) is 16.5. The van der Waals surface area contributed by atoms with Crippen molar-refractivity contribution in [2.24, 2.45) is 0 Å². The van der Waals surface area contributed by atoms with Crippen LogP contribution in [0.3, 0.4) is 0 Å². The van der Waals surface area contributed by atoms with Gasteiger partial charge in [0.05, 0.1) is 17.5 Å². The third kappa shape index (κ3) is 3.06. The van der Waals surface area contributed by atoms with Crippen molar-refractivity contribution in [1.82, 2.24) is 19.3 Å². The van der Waals surface area contributed by atoms with Gasteiger partial charge < -0.3 is 5.32 Å². The summed E-state index contributed by atoms with van der Waals surface area (Å²) in [5.74, 6) is 0.437. The van der Waals surface area contributed by atoms with Gasteiger partial charge in [-0.15, -0.1) is 0 Å². The van der Waals surface area contributed by atoms with Crippen molar-refractivity contribution in [2.75, 3.05) is 11.9 Å². The van der Waals surface area contributed by atoms with E-state index in [9.17, 15) is 18.0 Å². The lowest BCUT2D eigenvalue weighted by molar-refractivity contribution is -0.137. The Hall–Kier alpha value is -3.10. The first-order valence-electron chi connectivity index (χ1n) is 9.00. The van der Waals surface area contributed by atoms with Crippen molar-refractivity contribution in [3.05, 3.63) is 58.0 Å². The van der Waals surface area contributed by atoms with Crippen molar-refractivity contribution >= 4 is 22.7 Å². The molecule has 0 bridgehead atoms. The van der Waals surface area contributed by atoms with Crippen LogP contribution in [-0.4, -0.2) is 25.9 Å². The molecule has 1 N–H and O–H groups in total. The fourth-order valence-corrected chi connectivity index (χ4v) is 3.29. The van der Waals surface area contributed by atoms with Crippen LogP contribution in [0.1, 0.15) is 30.9 Å². The maximum Gasteiger partial charge on any atom is 0.416 e. The molecular formula is C19H18F3N5O. The van der Waals surface area contributed by atoms with Crippen molar-refractivity contribution in [2.45, 2.75) is 32.5 Å². The molecule has 3 aromatic rings. The van der Waals surface area contributed by atoms with Crippen LogP contribution in [0.15, 0.2) is 41.3 Å². The summed E-state index contributed by atoms with van der Waals surface area (Å²) >= 11 is 0. The van der Waals surface area contributed by atoms with Gasteiger partial charge in [-0.2, -0.15) is 23.3 Å². The van der Waals surface area contributed by atoms with Crippen LogP contribution < -0.4 is 10.9 Å². The molecule has 2 aromatic heterocycles. The number of nitrogens with zero attached hydrogens (tertiary/aromatic N) is 4. The molecule has 28 heavy (non-hydrogen) atoms. The summed E-state index contributed by atoms with van der Waals surface area (Å²) in [6.07, 6.45) is 0.686. The summed E-state index contributed by atoms with van der Waals surface area (Å²) in [7, 11) is 0. The largest absolute Gasteiger partial charge is 0.416 e. The number of nitrogens with one attached hydrogen (secondary N) is 1. The van der Waals surface area contributed by atoms with Gasteiger partial charge in [0, 0.05) is 18.7 Å². The molecule has 3 heterocycles. The zero-order chi connectivity index (χ0) is 19.9. The predicted molar refractivity (Wildman–Crippen MR) is 100 cm³/mol. The number of aromatic nitrogens is 4. The Morgan fingerprint density at radius 2 is 2.11 bits per heavy atom. The van der Waals surface area contributed by atoms with E-state index in [2.05, 4.69) is 22.3 Å². The van der Waals surface area contributed by atoms with Gasteiger partial charge in [0.2, 0.25) is 5.95 Å². The van der Waals surface area contributed by atoms with E-state index < -0.39 is 17.3 Å². The third-order valence-electron chi connectivity index (χ3n) is 4.69. The number of hydrogen-bond acceptors (Lipinski definition) is 4. The number of allylic oxidation sites excluding steroid dienone is 1. The Labute approximate surface area is 158 Å². The highest BCUT2D eigenvalue weighted by Crippen LogP contribution is 2.33. The molecule has 0 aliphatic carbocycles. The standard InChI is InChI=1S/C19H18F3N5O/c1-2-3-8-23-18-25-16(28)14-11-24-27-15(7-9-26(18)17(14)27)12-5-4-6-13(10-12)19(20,21)22/h4-7,10-11H,2-3,8-9H2,1H3,(H,23,25,28). The first-order chi connectivity index (χ1) is 13.4. The average Bonchev–Trinajstić information content (AvgIpc) is 3.11. The molecule has 0 fully saturated rings. The molecule has 1 aromatic carbocycles. The molecule has 1 aliphatic heterocycles. The smallest absolute Gasteiger partial charge is 0.355 e. The van der Waals surface area contributed by atoms with Gasteiger partial charge in [0.25, 0.3) is 5.56 Å². The van der Waals surface area contributed by atoms with E-state index in [-0.39, 0.29) is 0 Å². The fraction of sp³-hybridized carbons (Fsp3) is 0.316. The lowest BCUT2D eigenvalue weighted by Gasteiger charge is -2.21. The van der Waals surface area contributed by atoms with E-state index in [1.54, 1.807) is 12.1 Å². The van der Waals surface area contributed by atoms with Gasteiger partial charge in [-0.05, 0) is 24.6 Å². The molecule has 0 radical (unpaired) electrons. The number of benzene rings is 1. The average molecular weight is 389 g/mol. The maximum absolute atomic E-state index is 13.1. The highest BCUT2D eigenvalue weighted by molar-refractivity contribution is 5.83. The zero-order valence-electron chi connectivity index (χ0n) is 15.1. The minimum Gasteiger partial charge on any atom is -0.355 e. The van der Waals surface area contributed by atoms with Crippen molar-refractivity contribution in [3.63, 3.8) is 0 Å². The van der Waals surface area contributed by atoms with E-state index in [1.165, 1.54) is 16.9 Å². The summed E-state index contributed by atoms with van der Waals surface area (Å²) < 4.78 is 42.6. The molecule has 0 unspecified atom stereocenters. The number of hydrogen-bond donors (Lipinski definition) is 1. The summed E-state index contributed by atoms with van der Waals surface area (Å²) in [6, 6.07) is 5.09. The first kappa shape index (κ1) is 18.3. The number of halogens is 3. The Balaban J connectivity index is 1.82. The Morgan fingerprint density at radius 1 is 1.29 bits per heavy atom. The SMILES string of the molecule is CCCCNc1nc(=O)c2cnn3c2n1CC=C3c1cccc(C(F)(F)F)c1. The molecule has 0 saturated carbocycles. The molecule has 9 heteroatoms. The molecule has 0 atom stereocenters. The molecule has 146 valence electrons. The molecule has 4 rings (SSSR count). The number of rotatable bonds is 5. The zero-order valence-corrected chi connectivity index (χ0v) is 15.1. The second kappa shape index (κ2) is 6.81. The van der Waals surface area contributed by atoms with Crippen LogP contribution in [0.25, 0.3) is 16.7 Å². The number of unbranched alkanes of at least 4 members (excludes halogenated alkanes) is 1. The molecular weight excluding hydrogens is 371 g/mol. The second-order valence-electron chi connectivity index (χ2n) is 6.59. The molecule has 0 amide bonds. The van der Waals surface area contributed by atoms with Gasteiger partial charge in [-0.25, -0.2) is 4.68 Å². The molecule has 6 nitrogen and oxygen atoms in total. The van der Waals surface area contributed by atoms with Crippen molar-refractivity contribution in [1.29, 1.82) is 0 Å². The highest BCUT2D eigenvalue weighted by atomic mass is 19.4. The Bertz CT molecular complexity index is 1130. The van der Waals surface area contributed by atoms with E-state index in [0.29, 0.717) is 41.3 Å². The predicted octanol–water partition coefficient (Wildman–Crippen LogP) is 3.73.